The molecule has 0 fully saturated rings. The van der Waals surface area contributed by atoms with Crippen molar-refractivity contribution in [3.8, 4) is 11.5 Å². The van der Waals surface area contributed by atoms with Crippen molar-refractivity contribution in [1.29, 1.82) is 0 Å². The first-order valence-corrected chi connectivity index (χ1v) is 12.1. The van der Waals surface area contributed by atoms with Crippen LogP contribution < -0.4 is 10.2 Å². The van der Waals surface area contributed by atoms with E-state index in [1.54, 1.807) is 22.9 Å². The summed E-state index contributed by atoms with van der Waals surface area (Å²) >= 11 is 4.56. The number of carbonyl (C=O) groups is 1. The number of para-hydroxylation sites is 1. The van der Waals surface area contributed by atoms with Crippen LogP contribution >= 0.6 is 27.7 Å². The summed E-state index contributed by atoms with van der Waals surface area (Å²) in [4.78, 5) is 12.3. The average molecular weight is 557 g/mol. The molecule has 0 saturated carbocycles. The molecule has 180 valence electrons. The smallest absolute Gasteiger partial charge is 0.250 e. The number of aromatic hydroxyl groups is 1. The Morgan fingerprint density at radius 3 is 2.94 bits per heavy atom. The molecule has 0 radical (unpaired) electrons. The zero-order valence-corrected chi connectivity index (χ0v) is 21.0. The molecule has 2 N–H and O–H groups in total. The molecule has 11 nitrogen and oxygen atoms in total. The molecule has 0 aliphatic heterocycles. The summed E-state index contributed by atoms with van der Waals surface area (Å²) in [6.45, 7) is 4.65. The van der Waals surface area contributed by atoms with Gasteiger partial charge in [0.15, 0.2) is 22.5 Å². The number of phenolic OH excluding ortho intramolecular Hbond substituents is 1. The van der Waals surface area contributed by atoms with Crippen LogP contribution in [0.15, 0.2) is 63.8 Å². The summed E-state index contributed by atoms with van der Waals surface area (Å²) in [5.74, 6) is 0.601. The van der Waals surface area contributed by atoms with Crippen LogP contribution in [-0.2, 0) is 17.9 Å². The standard InChI is InChI=1S/C22H21BrN8O3S/c1-3-8-30-19(12-31-17-7-5-4-6-16(17)25-29-31)26-28-22(30)35-13-20(32)27-24-11-14-9-15(23)10-18(34-2)21(14)33/h3-7,9-11,33H,1,8,12-13H2,2H3,(H,27,32)/b24-11-. The number of carbonyl (C=O) groups excluding carboxylic acids is 1. The van der Waals surface area contributed by atoms with Gasteiger partial charge >= 0.3 is 0 Å². The van der Waals surface area contributed by atoms with Crippen LogP contribution in [0.3, 0.4) is 0 Å². The molecule has 0 spiro atoms. The molecule has 13 heteroatoms. The van der Waals surface area contributed by atoms with Crippen LogP contribution in [0.2, 0.25) is 0 Å². The third-order valence-electron chi connectivity index (χ3n) is 4.83. The van der Waals surface area contributed by atoms with Gasteiger partial charge in [0.05, 0.1) is 24.6 Å². The number of phenols is 1. The summed E-state index contributed by atoms with van der Waals surface area (Å²) in [5.41, 5.74) is 4.52. The van der Waals surface area contributed by atoms with E-state index in [4.69, 9.17) is 4.74 Å². The number of hydrogen-bond donors (Lipinski definition) is 2. The third-order valence-corrected chi connectivity index (χ3v) is 6.26. The van der Waals surface area contributed by atoms with E-state index in [2.05, 4.69) is 53.5 Å². The molecule has 1 amide bonds. The maximum atomic E-state index is 12.3. The van der Waals surface area contributed by atoms with Crippen LogP contribution in [0.25, 0.3) is 11.0 Å². The highest BCUT2D eigenvalue weighted by Crippen LogP contribution is 2.32. The average Bonchev–Trinajstić information content (AvgIpc) is 3.44. The second-order valence-corrected chi connectivity index (χ2v) is 9.02. The van der Waals surface area contributed by atoms with Crippen molar-refractivity contribution >= 4 is 50.8 Å². The second kappa shape index (κ2) is 11.1. The maximum Gasteiger partial charge on any atom is 0.250 e. The number of rotatable bonds is 10. The number of benzene rings is 2. The third kappa shape index (κ3) is 5.69. The number of fused-ring (bicyclic) bond motifs is 1. The number of aromatic nitrogens is 6. The number of methoxy groups -OCH3 is 1. The summed E-state index contributed by atoms with van der Waals surface area (Å²) < 4.78 is 9.43. The van der Waals surface area contributed by atoms with Gasteiger partial charge in [-0.25, -0.2) is 10.1 Å². The lowest BCUT2D eigenvalue weighted by Crippen LogP contribution is -2.20. The zero-order chi connectivity index (χ0) is 24.8. The van der Waals surface area contributed by atoms with E-state index in [-0.39, 0.29) is 17.4 Å². The lowest BCUT2D eigenvalue weighted by molar-refractivity contribution is -0.118. The van der Waals surface area contributed by atoms with E-state index >= 15 is 0 Å². The van der Waals surface area contributed by atoms with Gasteiger partial charge in [-0.1, -0.05) is 51.1 Å². The van der Waals surface area contributed by atoms with Gasteiger partial charge in [-0.05, 0) is 24.3 Å². The number of thioether (sulfide) groups is 1. The minimum absolute atomic E-state index is 0.0622. The van der Waals surface area contributed by atoms with Crippen molar-refractivity contribution in [1.82, 2.24) is 35.2 Å². The summed E-state index contributed by atoms with van der Waals surface area (Å²) in [7, 11) is 1.45. The van der Waals surface area contributed by atoms with Crippen LogP contribution in [0.5, 0.6) is 11.5 Å². The largest absolute Gasteiger partial charge is 0.504 e. The predicted molar refractivity (Wildman–Crippen MR) is 136 cm³/mol. The van der Waals surface area contributed by atoms with E-state index in [1.807, 2.05) is 28.8 Å². The zero-order valence-electron chi connectivity index (χ0n) is 18.6. The first-order chi connectivity index (χ1) is 17.0. The molecule has 2 heterocycles. The maximum absolute atomic E-state index is 12.3. The highest BCUT2D eigenvalue weighted by atomic mass is 79.9. The fourth-order valence-electron chi connectivity index (χ4n) is 3.21. The fraction of sp³-hybridized carbons (Fsp3) is 0.182. The molecule has 0 aliphatic carbocycles. The molecular weight excluding hydrogens is 536 g/mol. The summed E-state index contributed by atoms with van der Waals surface area (Å²) in [6, 6.07) is 10.9. The van der Waals surface area contributed by atoms with Gasteiger partial charge < -0.3 is 14.4 Å². The van der Waals surface area contributed by atoms with Crippen molar-refractivity contribution < 1.29 is 14.6 Å². The van der Waals surface area contributed by atoms with Crippen LogP contribution in [0.1, 0.15) is 11.4 Å². The summed E-state index contributed by atoms with van der Waals surface area (Å²) in [5, 5.41) is 31.5. The fourth-order valence-corrected chi connectivity index (χ4v) is 4.42. The number of amides is 1. The van der Waals surface area contributed by atoms with Gasteiger partial charge in [0.2, 0.25) is 0 Å². The molecule has 0 aliphatic rings. The van der Waals surface area contributed by atoms with Crippen LogP contribution in [-0.4, -0.2) is 59.8 Å². The van der Waals surface area contributed by atoms with E-state index < -0.39 is 0 Å². The molecule has 0 saturated heterocycles. The van der Waals surface area contributed by atoms with Gasteiger partial charge in [-0.15, -0.1) is 21.9 Å². The SMILES string of the molecule is C=CCn1c(Cn2nnc3ccccc32)nnc1SCC(=O)N/N=C\c1cc(Br)cc(OC)c1O. The minimum atomic E-state index is -0.343. The lowest BCUT2D eigenvalue weighted by Gasteiger charge is -2.08. The van der Waals surface area contributed by atoms with Crippen molar-refractivity contribution in [2.75, 3.05) is 12.9 Å². The van der Waals surface area contributed by atoms with Gasteiger partial charge in [0, 0.05) is 16.6 Å². The Hall–Kier alpha value is -3.71. The topological polar surface area (TPSA) is 132 Å². The van der Waals surface area contributed by atoms with Gasteiger partial charge in [0.25, 0.3) is 5.91 Å². The molecular formula is C22H21BrN8O3S. The van der Waals surface area contributed by atoms with E-state index in [1.165, 1.54) is 25.1 Å². The molecule has 2 aromatic heterocycles. The first-order valence-electron chi connectivity index (χ1n) is 10.3. The molecule has 0 bridgehead atoms. The van der Waals surface area contributed by atoms with Gasteiger partial charge in [-0.2, -0.15) is 5.10 Å². The molecule has 0 atom stereocenters. The van der Waals surface area contributed by atoms with Crippen LogP contribution in [0, 0.1) is 0 Å². The highest BCUT2D eigenvalue weighted by molar-refractivity contribution is 9.10. The number of nitrogens with zero attached hydrogens (tertiary/aromatic N) is 7. The summed E-state index contributed by atoms with van der Waals surface area (Å²) in [6.07, 6.45) is 3.07. The Kier molecular flexibility index (Phi) is 7.77. The number of ether oxygens (including phenoxy) is 1. The second-order valence-electron chi connectivity index (χ2n) is 7.16. The Bertz CT molecular complexity index is 1400. The molecule has 4 aromatic rings. The first kappa shape index (κ1) is 24.4. The Balaban J connectivity index is 1.40. The number of nitrogens with one attached hydrogen (secondary N) is 1. The predicted octanol–water partition coefficient (Wildman–Crippen LogP) is 2.98. The highest BCUT2D eigenvalue weighted by Gasteiger charge is 2.15. The van der Waals surface area contributed by atoms with Crippen molar-refractivity contribution in [3.63, 3.8) is 0 Å². The van der Waals surface area contributed by atoms with E-state index in [0.717, 1.165) is 11.0 Å². The van der Waals surface area contributed by atoms with Crippen LogP contribution in [0.4, 0.5) is 0 Å². The molecule has 2 aromatic carbocycles. The van der Waals surface area contributed by atoms with Gasteiger partial charge in [-0.3, -0.25) is 4.79 Å². The Morgan fingerprint density at radius 2 is 2.14 bits per heavy atom. The number of allylic oxidation sites excluding steroid dienone is 1. The quantitative estimate of drug-likeness (QED) is 0.132. The Labute approximate surface area is 213 Å². The van der Waals surface area contributed by atoms with Crippen molar-refractivity contribution in [2.24, 2.45) is 5.10 Å². The molecule has 0 unspecified atom stereocenters. The number of halogens is 1. The van der Waals surface area contributed by atoms with E-state index in [9.17, 15) is 9.90 Å². The normalized spacial score (nSPS) is 11.3. The van der Waals surface area contributed by atoms with E-state index in [0.29, 0.717) is 39.9 Å². The molecule has 4 rings (SSSR count). The monoisotopic (exact) mass is 556 g/mol. The minimum Gasteiger partial charge on any atom is -0.504 e. The van der Waals surface area contributed by atoms with Crippen molar-refractivity contribution in [3.05, 3.63) is 64.9 Å². The Morgan fingerprint density at radius 1 is 1.31 bits per heavy atom. The number of hydrazone groups is 1. The lowest BCUT2D eigenvalue weighted by atomic mass is 10.2. The van der Waals surface area contributed by atoms with Gasteiger partial charge in [0.1, 0.15) is 12.1 Å². The van der Waals surface area contributed by atoms with Crippen molar-refractivity contribution in [2.45, 2.75) is 18.2 Å². The number of hydrogen-bond acceptors (Lipinski definition) is 9. The molecule has 35 heavy (non-hydrogen) atoms.